The fourth-order valence-electron chi connectivity index (χ4n) is 2.09. The Balaban J connectivity index is 2.22. The molecular weight excluding hydrogens is 336 g/mol. The molecule has 1 heterocycles. The smallest absolute Gasteiger partial charge is 0.305 e. The van der Waals surface area contributed by atoms with Crippen molar-refractivity contribution < 1.29 is 14.7 Å². The highest BCUT2D eigenvalue weighted by atomic mass is 35.5. The lowest BCUT2D eigenvalue weighted by molar-refractivity contribution is -0.137. The van der Waals surface area contributed by atoms with Gasteiger partial charge in [0.25, 0.3) is 5.91 Å². The molecule has 7 heteroatoms. The van der Waals surface area contributed by atoms with Gasteiger partial charge in [-0.15, -0.1) is 11.3 Å². The Morgan fingerprint density at radius 3 is 2.65 bits per heavy atom. The topological polar surface area (TPSA) is 70.5 Å². The van der Waals surface area contributed by atoms with E-state index >= 15 is 0 Å². The molecule has 0 unspecified atom stereocenters. The second kappa shape index (κ2) is 7.57. The number of aromatic nitrogens is 1. The summed E-state index contributed by atoms with van der Waals surface area (Å²) in [6.45, 7) is 3.85. The van der Waals surface area contributed by atoms with Crippen LogP contribution in [-0.2, 0) is 4.79 Å². The van der Waals surface area contributed by atoms with Crippen LogP contribution in [-0.4, -0.2) is 39.5 Å². The minimum Gasteiger partial charge on any atom is -0.481 e. The van der Waals surface area contributed by atoms with Crippen molar-refractivity contribution in [2.45, 2.75) is 26.3 Å². The summed E-state index contributed by atoms with van der Waals surface area (Å²) in [5.74, 6) is -1.20. The minimum atomic E-state index is -0.932. The molecule has 0 aliphatic heterocycles. The monoisotopic (exact) mass is 352 g/mol. The summed E-state index contributed by atoms with van der Waals surface area (Å²) in [5.41, 5.74) is 1.09. The fourth-order valence-corrected chi connectivity index (χ4v) is 3.20. The molecule has 0 atom stereocenters. The van der Waals surface area contributed by atoms with Crippen LogP contribution in [0.3, 0.4) is 0 Å². The Kier molecular flexibility index (Phi) is 5.74. The first-order valence-corrected chi connectivity index (χ1v) is 8.39. The number of carbonyl (C=O) groups is 2. The lowest BCUT2D eigenvalue weighted by atomic mass is 10.2. The molecule has 1 N–H and O–H groups in total. The quantitative estimate of drug-likeness (QED) is 0.858. The third kappa shape index (κ3) is 4.30. The van der Waals surface area contributed by atoms with Crippen LogP contribution in [0.2, 0.25) is 5.02 Å². The van der Waals surface area contributed by atoms with Gasteiger partial charge in [0.2, 0.25) is 0 Å². The summed E-state index contributed by atoms with van der Waals surface area (Å²) in [6, 6.07) is 7.20. The molecule has 122 valence electrons. The van der Waals surface area contributed by atoms with E-state index in [-0.39, 0.29) is 24.9 Å². The highest BCUT2D eigenvalue weighted by molar-refractivity contribution is 7.13. The zero-order valence-corrected chi connectivity index (χ0v) is 14.4. The maximum absolute atomic E-state index is 12.6. The largest absolute Gasteiger partial charge is 0.481 e. The molecule has 1 aromatic heterocycles. The highest BCUT2D eigenvalue weighted by Crippen LogP contribution is 2.30. The van der Waals surface area contributed by atoms with Crippen LogP contribution in [0.25, 0.3) is 10.6 Å². The number of hydrogen-bond donors (Lipinski definition) is 1. The summed E-state index contributed by atoms with van der Waals surface area (Å²) >= 11 is 7.49. The maximum atomic E-state index is 12.6. The van der Waals surface area contributed by atoms with Gasteiger partial charge in [0.05, 0.1) is 11.4 Å². The van der Waals surface area contributed by atoms with Crippen LogP contribution in [0.4, 0.5) is 0 Å². The predicted molar refractivity (Wildman–Crippen MR) is 91.0 cm³/mol. The number of carboxylic acid groups (broad SMARTS) is 1. The van der Waals surface area contributed by atoms with Crippen molar-refractivity contribution in [2.75, 3.05) is 6.54 Å². The Morgan fingerprint density at radius 1 is 1.35 bits per heavy atom. The first kappa shape index (κ1) is 17.4. The predicted octanol–water partition coefficient (Wildman–Crippen LogP) is 3.79. The third-order valence-electron chi connectivity index (χ3n) is 3.28. The summed E-state index contributed by atoms with van der Waals surface area (Å²) in [4.78, 5) is 29.2. The molecule has 2 rings (SSSR count). The van der Waals surface area contributed by atoms with E-state index < -0.39 is 5.97 Å². The zero-order chi connectivity index (χ0) is 17.0. The third-order valence-corrected chi connectivity index (χ3v) is 4.48. The fraction of sp³-hybridized carbons (Fsp3) is 0.312. The number of benzene rings is 1. The Labute approximate surface area is 143 Å². The van der Waals surface area contributed by atoms with Crippen LogP contribution < -0.4 is 0 Å². The number of halogens is 1. The van der Waals surface area contributed by atoms with Crippen molar-refractivity contribution in [3.63, 3.8) is 0 Å². The first-order chi connectivity index (χ1) is 10.9. The number of thiazole rings is 1. The van der Waals surface area contributed by atoms with Crippen LogP contribution in [0.15, 0.2) is 29.6 Å². The number of carboxylic acids is 1. The number of amides is 1. The van der Waals surface area contributed by atoms with Gasteiger partial charge in [-0.05, 0) is 19.9 Å². The molecule has 0 aliphatic rings. The van der Waals surface area contributed by atoms with Crippen molar-refractivity contribution in [1.29, 1.82) is 0 Å². The van der Waals surface area contributed by atoms with Crippen LogP contribution in [0, 0.1) is 0 Å². The summed E-state index contributed by atoms with van der Waals surface area (Å²) in [6.07, 6.45) is -0.0918. The van der Waals surface area contributed by atoms with Gasteiger partial charge in [0.15, 0.2) is 0 Å². The zero-order valence-electron chi connectivity index (χ0n) is 12.8. The first-order valence-electron chi connectivity index (χ1n) is 7.13. The SMILES string of the molecule is CC(C)N(CCC(=O)O)C(=O)c1csc(-c2ccccc2Cl)n1. The lowest BCUT2D eigenvalue weighted by Gasteiger charge is -2.25. The van der Waals surface area contributed by atoms with E-state index in [1.807, 2.05) is 32.0 Å². The molecule has 5 nitrogen and oxygen atoms in total. The Hall–Kier alpha value is -1.92. The van der Waals surface area contributed by atoms with E-state index in [1.165, 1.54) is 16.2 Å². The Morgan fingerprint density at radius 2 is 2.04 bits per heavy atom. The van der Waals surface area contributed by atoms with E-state index in [9.17, 15) is 9.59 Å². The van der Waals surface area contributed by atoms with Gasteiger partial charge in [-0.1, -0.05) is 29.8 Å². The molecule has 23 heavy (non-hydrogen) atoms. The number of aliphatic carboxylic acids is 1. The van der Waals surface area contributed by atoms with Crippen LogP contribution in [0.5, 0.6) is 0 Å². The lowest BCUT2D eigenvalue weighted by Crippen LogP contribution is -2.38. The van der Waals surface area contributed by atoms with Gasteiger partial charge < -0.3 is 10.0 Å². The van der Waals surface area contributed by atoms with E-state index in [4.69, 9.17) is 16.7 Å². The second-order valence-electron chi connectivity index (χ2n) is 5.25. The molecule has 2 aromatic rings. The molecule has 1 amide bonds. The average Bonchev–Trinajstić information content (AvgIpc) is 2.96. The average molecular weight is 353 g/mol. The van der Waals surface area contributed by atoms with Gasteiger partial charge in [-0.3, -0.25) is 9.59 Å². The van der Waals surface area contributed by atoms with Gasteiger partial charge in [-0.2, -0.15) is 0 Å². The number of carbonyl (C=O) groups excluding carboxylic acids is 1. The molecule has 0 spiro atoms. The molecule has 0 bridgehead atoms. The second-order valence-corrected chi connectivity index (χ2v) is 6.52. The Bertz CT molecular complexity index is 715. The van der Waals surface area contributed by atoms with Crippen molar-refractivity contribution in [3.05, 3.63) is 40.4 Å². The normalized spacial score (nSPS) is 10.8. The van der Waals surface area contributed by atoms with Gasteiger partial charge >= 0.3 is 5.97 Å². The van der Waals surface area contributed by atoms with E-state index in [2.05, 4.69) is 4.98 Å². The van der Waals surface area contributed by atoms with E-state index in [0.717, 1.165) is 5.56 Å². The summed E-state index contributed by atoms with van der Waals surface area (Å²) in [5, 5.41) is 11.7. The molecule has 0 radical (unpaired) electrons. The highest BCUT2D eigenvalue weighted by Gasteiger charge is 2.22. The van der Waals surface area contributed by atoms with Crippen LogP contribution >= 0.6 is 22.9 Å². The van der Waals surface area contributed by atoms with Crippen molar-refractivity contribution in [3.8, 4) is 10.6 Å². The van der Waals surface area contributed by atoms with E-state index in [0.29, 0.717) is 15.7 Å². The number of nitrogens with zero attached hydrogens (tertiary/aromatic N) is 2. The molecule has 1 aromatic carbocycles. The van der Waals surface area contributed by atoms with Crippen molar-refractivity contribution in [1.82, 2.24) is 9.88 Å². The van der Waals surface area contributed by atoms with Gasteiger partial charge in [-0.25, -0.2) is 4.98 Å². The molecule has 0 aliphatic carbocycles. The number of hydrogen-bond acceptors (Lipinski definition) is 4. The molecule has 0 saturated carbocycles. The van der Waals surface area contributed by atoms with Gasteiger partial charge in [0, 0.05) is 23.5 Å². The van der Waals surface area contributed by atoms with Crippen molar-refractivity contribution >= 4 is 34.8 Å². The molecule has 0 fully saturated rings. The van der Waals surface area contributed by atoms with Gasteiger partial charge in [0.1, 0.15) is 10.7 Å². The standard InChI is InChI=1S/C16H17ClN2O3S/c1-10(2)19(8-7-14(20)21)16(22)13-9-23-15(18-13)11-5-3-4-6-12(11)17/h3-6,9-10H,7-8H2,1-2H3,(H,20,21). The molecular formula is C16H17ClN2O3S. The summed E-state index contributed by atoms with van der Waals surface area (Å²) < 4.78 is 0. The van der Waals surface area contributed by atoms with Crippen molar-refractivity contribution in [2.24, 2.45) is 0 Å². The minimum absolute atomic E-state index is 0.0918. The maximum Gasteiger partial charge on any atom is 0.305 e. The summed E-state index contributed by atoms with van der Waals surface area (Å²) in [7, 11) is 0. The van der Waals surface area contributed by atoms with E-state index in [1.54, 1.807) is 11.4 Å². The molecule has 0 saturated heterocycles. The number of rotatable bonds is 6. The van der Waals surface area contributed by atoms with Crippen LogP contribution in [0.1, 0.15) is 30.8 Å².